The lowest BCUT2D eigenvalue weighted by Gasteiger charge is -2.65. The van der Waals surface area contributed by atoms with Gasteiger partial charge in [-0.2, -0.15) is 0 Å². The molecule has 1 aromatic heterocycles. The monoisotopic (exact) mass is 715 g/mol. The van der Waals surface area contributed by atoms with Gasteiger partial charge in [0.2, 0.25) is 0 Å². The predicted octanol–water partition coefficient (Wildman–Crippen LogP) is 4.26. The van der Waals surface area contributed by atoms with Gasteiger partial charge in [-0.1, -0.05) is 36.4 Å². The van der Waals surface area contributed by atoms with Gasteiger partial charge in [-0.3, -0.25) is 14.6 Å². The largest absolute Gasteiger partial charge is 0.465 e. The van der Waals surface area contributed by atoms with Gasteiger partial charge in [0.25, 0.3) is 0 Å². The van der Waals surface area contributed by atoms with Crippen LogP contribution in [0.2, 0.25) is 0 Å². The van der Waals surface area contributed by atoms with E-state index >= 15 is 0 Å². The molecule has 0 amide bonds. The van der Waals surface area contributed by atoms with Crippen molar-refractivity contribution in [1.82, 2.24) is 4.98 Å². The summed E-state index contributed by atoms with van der Waals surface area (Å²) in [5, 5.41) is 12.9. The first-order valence-electron chi connectivity index (χ1n) is 17.0. The van der Waals surface area contributed by atoms with Crippen molar-refractivity contribution in [3.05, 3.63) is 102 Å². The first-order chi connectivity index (χ1) is 24.6. The molecule has 1 saturated heterocycles. The van der Waals surface area contributed by atoms with Crippen molar-refractivity contribution in [2.45, 2.75) is 88.7 Å². The molecule has 52 heavy (non-hydrogen) atoms. The fraction of sp³-hybridized carbons (Fsp3) is 0.436. The van der Waals surface area contributed by atoms with Crippen molar-refractivity contribution in [2.24, 2.45) is 11.3 Å². The number of pyridine rings is 1. The highest BCUT2D eigenvalue weighted by atomic mass is 16.6. The molecule has 3 fully saturated rings. The summed E-state index contributed by atoms with van der Waals surface area (Å²) >= 11 is 0. The Hall–Kier alpha value is -5.14. The Labute approximate surface area is 300 Å². The molecule has 13 nitrogen and oxygen atoms in total. The van der Waals surface area contributed by atoms with E-state index in [1.54, 1.807) is 74.5 Å². The molecule has 1 aliphatic heterocycles. The molecule has 2 saturated carbocycles. The van der Waals surface area contributed by atoms with Crippen LogP contribution in [-0.4, -0.2) is 87.8 Å². The summed E-state index contributed by atoms with van der Waals surface area (Å²) in [7, 11) is 0. The van der Waals surface area contributed by atoms with E-state index in [-0.39, 0.29) is 23.1 Å². The van der Waals surface area contributed by atoms with Crippen LogP contribution in [0.15, 0.2) is 85.2 Å². The lowest BCUT2D eigenvalue weighted by molar-refractivity contribution is -0.353. The third-order valence-corrected chi connectivity index (χ3v) is 10.5. The molecule has 8 atom stereocenters. The van der Waals surface area contributed by atoms with Crippen LogP contribution in [0.5, 0.6) is 0 Å². The third kappa shape index (κ3) is 6.21. The quantitative estimate of drug-likeness (QED) is 0.246. The SMILES string of the molecule is CC(=O)OC[C@@]12[C@@H](OC(=O)c3ccccc3)C[C@H]3[C@@H](OC(=O)c4ccccc4)[C@@]1(OC3(C)C)[C@@](C)(O)C[C@H](OC(=O)c1cccnc1)[C@@H]2OC(C)=O. The molecule has 2 bridgehead atoms. The zero-order valence-electron chi connectivity index (χ0n) is 29.5. The first kappa shape index (κ1) is 36.6. The second-order valence-corrected chi connectivity index (χ2v) is 14.2. The number of benzene rings is 2. The third-order valence-electron chi connectivity index (χ3n) is 10.5. The second kappa shape index (κ2) is 13.8. The minimum atomic E-state index is -2.11. The van der Waals surface area contributed by atoms with Crippen LogP contribution in [0, 0.1) is 11.3 Å². The minimum Gasteiger partial charge on any atom is -0.465 e. The number of rotatable bonds is 9. The van der Waals surface area contributed by atoms with Gasteiger partial charge in [0.1, 0.15) is 30.3 Å². The summed E-state index contributed by atoms with van der Waals surface area (Å²) in [6, 6.07) is 19.4. The molecular weight excluding hydrogens is 674 g/mol. The summed E-state index contributed by atoms with van der Waals surface area (Å²) in [5.41, 5.74) is -6.96. The zero-order chi connectivity index (χ0) is 37.5. The molecule has 0 radical (unpaired) electrons. The van der Waals surface area contributed by atoms with E-state index in [1.807, 2.05) is 0 Å². The maximum atomic E-state index is 13.9. The van der Waals surface area contributed by atoms with Crippen molar-refractivity contribution >= 4 is 29.8 Å². The molecule has 3 aromatic rings. The summed E-state index contributed by atoms with van der Waals surface area (Å²) in [6.07, 6.45) is -3.36. The molecule has 2 heterocycles. The van der Waals surface area contributed by atoms with Gasteiger partial charge in [-0.15, -0.1) is 0 Å². The normalized spacial score (nSPS) is 31.3. The van der Waals surface area contributed by atoms with Gasteiger partial charge in [0.05, 0.1) is 27.9 Å². The van der Waals surface area contributed by atoms with Crippen molar-refractivity contribution in [3.8, 4) is 0 Å². The number of aromatic nitrogens is 1. The Bertz CT molecular complexity index is 1830. The van der Waals surface area contributed by atoms with Crippen LogP contribution in [-0.2, 0) is 38.0 Å². The number of hydrogen-bond donors (Lipinski definition) is 1. The van der Waals surface area contributed by atoms with Gasteiger partial charge in [-0.25, -0.2) is 14.4 Å². The van der Waals surface area contributed by atoms with E-state index in [0.29, 0.717) is 0 Å². The molecular formula is C39H41NO12. The van der Waals surface area contributed by atoms with E-state index in [1.165, 1.54) is 31.5 Å². The van der Waals surface area contributed by atoms with Crippen molar-refractivity contribution in [2.75, 3.05) is 6.61 Å². The molecule has 2 aromatic carbocycles. The Morgan fingerprint density at radius 1 is 0.750 bits per heavy atom. The molecule has 1 spiro atoms. The van der Waals surface area contributed by atoms with Crippen molar-refractivity contribution in [1.29, 1.82) is 0 Å². The van der Waals surface area contributed by atoms with Gasteiger partial charge in [-0.05, 0) is 63.6 Å². The van der Waals surface area contributed by atoms with Gasteiger partial charge < -0.3 is 33.5 Å². The summed E-state index contributed by atoms with van der Waals surface area (Å²) < 4.78 is 37.5. The van der Waals surface area contributed by atoms with Crippen molar-refractivity contribution < 1.29 is 57.5 Å². The first-order valence-corrected chi connectivity index (χ1v) is 17.0. The average molecular weight is 716 g/mol. The highest BCUT2D eigenvalue weighted by molar-refractivity contribution is 5.90. The number of nitrogens with zero attached hydrogens (tertiary/aromatic N) is 1. The molecule has 3 aliphatic rings. The Morgan fingerprint density at radius 2 is 1.33 bits per heavy atom. The van der Waals surface area contributed by atoms with E-state index in [0.717, 1.165) is 13.8 Å². The van der Waals surface area contributed by atoms with Crippen LogP contribution in [0.3, 0.4) is 0 Å². The Morgan fingerprint density at radius 3 is 1.88 bits per heavy atom. The van der Waals surface area contributed by atoms with E-state index in [9.17, 15) is 29.1 Å². The summed E-state index contributed by atoms with van der Waals surface area (Å²) in [4.78, 5) is 71.2. The number of carbonyl (C=O) groups is 5. The number of fused-ring (bicyclic) bond motifs is 1. The highest BCUT2D eigenvalue weighted by Gasteiger charge is 2.86. The summed E-state index contributed by atoms with van der Waals surface area (Å²) in [5.74, 6) is -4.66. The van der Waals surface area contributed by atoms with Crippen molar-refractivity contribution in [3.63, 3.8) is 0 Å². The lowest BCUT2D eigenvalue weighted by atomic mass is 9.46. The molecule has 0 unspecified atom stereocenters. The number of esters is 5. The topological polar surface area (TPSA) is 174 Å². The van der Waals surface area contributed by atoms with Crippen LogP contribution in [0.25, 0.3) is 0 Å². The molecule has 274 valence electrons. The van der Waals surface area contributed by atoms with Gasteiger partial charge >= 0.3 is 29.8 Å². The fourth-order valence-corrected chi connectivity index (χ4v) is 8.44. The van der Waals surface area contributed by atoms with Crippen LogP contribution >= 0.6 is 0 Å². The van der Waals surface area contributed by atoms with E-state index in [2.05, 4.69) is 4.98 Å². The maximum Gasteiger partial charge on any atom is 0.340 e. The van der Waals surface area contributed by atoms with Crippen LogP contribution in [0.1, 0.15) is 78.5 Å². The Balaban J connectivity index is 1.59. The standard InChI is InChI=1S/C39H41NO12/c1-23(41)47-22-38-30(50-33(43)25-13-8-6-9-14-25)19-28-31(51-34(44)26-15-10-7-11-16-26)39(38,52-36(28,3)4)37(5,46)20-29(32(38)48-24(2)42)49-35(45)27-17-12-18-40-21-27/h6-18,21,28-32,46H,19-20,22H2,1-5H3/t28-,29-,30-,31+,32-,37-,38-,39+/m0/s1. The summed E-state index contributed by atoms with van der Waals surface area (Å²) in [6.45, 7) is 6.55. The Kier molecular flexibility index (Phi) is 9.71. The molecule has 13 heteroatoms. The van der Waals surface area contributed by atoms with Gasteiger partial charge in [0.15, 0.2) is 11.7 Å². The molecule has 6 rings (SSSR count). The smallest absolute Gasteiger partial charge is 0.340 e. The molecule has 2 aliphatic carbocycles. The fourth-order valence-electron chi connectivity index (χ4n) is 8.44. The molecule has 1 N–H and O–H groups in total. The van der Waals surface area contributed by atoms with Crippen LogP contribution in [0.4, 0.5) is 0 Å². The number of carbonyl (C=O) groups excluding carboxylic acids is 5. The highest BCUT2D eigenvalue weighted by Crippen LogP contribution is 2.69. The average Bonchev–Trinajstić information content (AvgIpc) is 3.28. The number of hydrogen-bond acceptors (Lipinski definition) is 13. The second-order valence-electron chi connectivity index (χ2n) is 14.2. The number of ether oxygens (including phenoxy) is 6. The predicted molar refractivity (Wildman–Crippen MR) is 181 cm³/mol. The lowest BCUT2D eigenvalue weighted by Crippen LogP contribution is -2.83. The van der Waals surface area contributed by atoms with E-state index in [4.69, 9.17) is 28.4 Å². The number of aliphatic hydroxyl groups is 1. The maximum absolute atomic E-state index is 13.9. The van der Waals surface area contributed by atoms with Crippen LogP contribution < -0.4 is 0 Å². The van der Waals surface area contributed by atoms with Gasteiger partial charge in [0, 0.05) is 38.6 Å². The minimum absolute atomic E-state index is 0.0710. The van der Waals surface area contributed by atoms with E-state index < -0.39 is 95.4 Å². The zero-order valence-corrected chi connectivity index (χ0v) is 29.5.